The second kappa shape index (κ2) is 8.93. The molecule has 0 aromatic heterocycles. The van der Waals surface area contributed by atoms with Crippen molar-refractivity contribution in [2.24, 2.45) is 0 Å². The van der Waals surface area contributed by atoms with Crippen molar-refractivity contribution in [2.75, 3.05) is 45.3 Å². The number of nitrogens with zero attached hydrogens (tertiary/aromatic N) is 4. The lowest BCUT2D eigenvalue weighted by Gasteiger charge is -2.43. The first-order valence-electron chi connectivity index (χ1n) is 10.7. The van der Waals surface area contributed by atoms with Gasteiger partial charge < -0.3 is 24.9 Å². The van der Waals surface area contributed by atoms with E-state index in [4.69, 9.17) is 0 Å². The highest BCUT2D eigenvalue weighted by atomic mass is 16.2. The Morgan fingerprint density at radius 2 is 1.80 bits per heavy atom. The van der Waals surface area contributed by atoms with Gasteiger partial charge in [-0.1, -0.05) is 25.1 Å². The minimum atomic E-state index is -0.721. The monoisotopic (exact) mass is 415 g/mol. The molecule has 164 valence electrons. The van der Waals surface area contributed by atoms with E-state index in [1.807, 2.05) is 44.2 Å². The Hall–Kier alpha value is -2.77. The second-order valence-corrected chi connectivity index (χ2v) is 8.48. The molecule has 1 atom stereocenters. The van der Waals surface area contributed by atoms with Crippen molar-refractivity contribution >= 4 is 23.5 Å². The Morgan fingerprint density at radius 3 is 2.37 bits per heavy atom. The summed E-state index contributed by atoms with van der Waals surface area (Å²) in [5.41, 5.74) is 0.240. The average Bonchev–Trinajstić information content (AvgIpc) is 3.00. The smallest absolute Gasteiger partial charge is 0.319 e. The first kappa shape index (κ1) is 21.9. The Bertz CT molecular complexity index is 774. The van der Waals surface area contributed by atoms with E-state index in [9.17, 15) is 14.4 Å². The number of urea groups is 1. The molecule has 2 aliphatic rings. The Kier molecular flexibility index (Phi) is 6.53. The summed E-state index contributed by atoms with van der Waals surface area (Å²) in [5, 5.41) is 2.95. The predicted molar refractivity (Wildman–Crippen MR) is 116 cm³/mol. The SMILES string of the molecule is CCC(C)NC(=O)CN1CN(c2ccccc2)C2(CCN(C(=O)N(C)C)CC2)C1=O. The largest absolute Gasteiger partial charge is 0.352 e. The van der Waals surface area contributed by atoms with Gasteiger partial charge >= 0.3 is 6.03 Å². The lowest BCUT2D eigenvalue weighted by Crippen LogP contribution is -2.58. The van der Waals surface area contributed by atoms with Crippen LogP contribution in [0.5, 0.6) is 0 Å². The molecule has 0 saturated carbocycles. The van der Waals surface area contributed by atoms with Gasteiger partial charge in [0.1, 0.15) is 12.1 Å². The number of likely N-dealkylation sites (tertiary alicyclic amines) is 1. The molecule has 3 rings (SSSR count). The lowest BCUT2D eigenvalue weighted by molar-refractivity contribution is -0.137. The summed E-state index contributed by atoms with van der Waals surface area (Å²) < 4.78 is 0. The maximum absolute atomic E-state index is 13.6. The van der Waals surface area contributed by atoms with E-state index in [0.717, 1.165) is 12.1 Å². The minimum Gasteiger partial charge on any atom is -0.352 e. The van der Waals surface area contributed by atoms with Crippen LogP contribution < -0.4 is 10.2 Å². The van der Waals surface area contributed by atoms with Crippen LogP contribution in [0.25, 0.3) is 0 Å². The van der Waals surface area contributed by atoms with Crippen LogP contribution in [0, 0.1) is 0 Å². The van der Waals surface area contributed by atoms with Gasteiger partial charge in [0.25, 0.3) is 5.91 Å². The van der Waals surface area contributed by atoms with Crippen molar-refractivity contribution in [3.8, 4) is 0 Å². The molecule has 0 bridgehead atoms. The van der Waals surface area contributed by atoms with Crippen LogP contribution in [0.2, 0.25) is 0 Å². The van der Waals surface area contributed by atoms with Gasteiger partial charge in [0.2, 0.25) is 5.91 Å². The van der Waals surface area contributed by atoms with Crippen molar-refractivity contribution < 1.29 is 14.4 Å². The fourth-order valence-electron chi connectivity index (χ4n) is 4.27. The number of amides is 4. The predicted octanol–water partition coefficient (Wildman–Crippen LogP) is 1.72. The second-order valence-electron chi connectivity index (χ2n) is 8.48. The highest BCUT2D eigenvalue weighted by molar-refractivity contribution is 5.96. The van der Waals surface area contributed by atoms with Crippen LogP contribution in [-0.4, -0.2) is 84.5 Å². The number of carbonyl (C=O) groups is 3. The van der Waals surface area contributed by atoms with Crippen molar-refractivity contribution in [2.45, 2.75) is 44.7 Å². The van der Waals surface area contributed by atoms with Crippen molar-refractivity contribution in [3.05, 3.63) is 30.3 Å². The highest BCUT2D eigenvalue weighted by Gasteiger charge is 2.54. The number of hydrogen-bond acceptors (Lipinski definition) is 4. The van der Waals surface area contributed by atoms with Crippen LogP contribution in [0.4, 0.5) is 10.5 Å². The number of para-hydroxylation sites is 1. The summed E-state index contributed by atoms with van der Waals surface area (Å²) in [7, 11) is 3.47. The standard InChI is InChI=1S/C22H33N5O3/c1-5-17(2)23-19(28)15-26-16-27(18-9-7-6-8-10-18)22(20(26)29)11-13-25(14-12-22)21(30)24(3)4/h6-10,17H,5,11-16H2,1-4H3,(H,23,28). The van der Waals surface area contributed by atoms with Crippen LogP contribution in [0.1, 0.15) is 33.1 Å². The number of piperidine rings is 1. The summed E-state index contributed by atoms with van der Waals surface area (Å²) in [6.07, 6.45) is 1.93. The minimum absolute atomic E-state index is 0.0254. The van der Waals surface area contributed by atoms with E-state index in [0.29, 0.717) is 32.6 Å². The molecule has 1 aromatic rings. The molecule has 8 nitrogen and oxygen atoms in total. The average molecular weight is 416 g/mol. The maximum atomic E-state index is 13.6. The van der Waals surface area contributed by atoms with E-state index in [1.54, 1.807) is 28.8 Å². The van der Waals surface area contributed by atoms with Crippen LogP contribution in [0.15, 0.2) is 30.3 Å². The topological polar surface area (TPSA) is 76.2 Å². The molecule has 2 saturated heterocycles. The van der Waals surface area contributed by atoms with E-state index in [2.05, 4.69) is 10.2 Å². The summed E-state index contributed by atoms with van der Waals surface area (Å²) in [5.74, 6) is -0.161. The lowest BCUT2D eigenvalue weighted by atomic mass is 9.85. The molecule has 2 heterocycles. The van der Waals surface area contributed by atoms with Gasteiger partial charge in [-0.05, 0) is 38.3 Å². The summed E-state index contributed by atoms with van der Waals surface area (Å²) >= 11 is 0. The van der Waals surface area contributed by atoms with Crippen LogP contribution in [-0.2, 0) is 9.59 Å². The molecular formula is C22H33N5O3. The Labute approximate surface area is 178 Å². The summed E-state index contributed by atoms with van der Waals surface area (Å²) in [4.78, 5) is 45.5. The van der Waals surface area contributed by atoms with E-state index >= 15 is 0 Å². The fourth-order valence-corrected chi connectivity index (χ4v) is 4.27. The van der Waals surface area contributed by atoms with Crippen molar-refractivity contribution in [3.63, 3.8) is 0 Å². The van der Waals surface area contributed by atoms with Crippen molar-refractivity contribution in [1.29, 1.82) is 0 Å². The van der Waals surface area contributed by atoms with Gasteiger partial charge in [-0.15, -0.1) is 0 Å². The zero-order valence-electron chi connectivity index (χ0n) is 18.4. The zero-order chi connectivity index (χ0) is 21.9. The summed E-state index contributed by atoms with van der Waals surface area (Å²) in [6.45, 7) is 5.42. The van der Waals surface area contributed by atoms with Gasteiger partial charge in [-0.25, -0.2) is 4.79 Å². The molecule has 0 radical (unpaired) electrons. The molecule has 1 aromatic carbocycles. The van der Waals surface area contributed by atoms with E-state index in [1.165, 1.54) is 0 Å². The van der Waals surface area contributed by atoms with Crippen LogP contribution in [0.3, 0.4) is 0 Å². The number of benzene rings is 1. The highest BCUT2D eigenvalue weighted by Crippen LogP contribution is 2.39. The number of hydrogen-bond donors (Lipinski definition) is 1. The molecule has 2 aliphatic heterocycles. The molecule has 4 amide bonds. The van der Waals surface area contributed by atoms with Gasteiger partial charge in [0, 0.05) is 38.9 Å². The first-order valence-corrected chi connectivity index (χ1v) is 10.7. The number of anilines is 1. The third-order valence-corrected chi connectivity index (χ3v) is 6.18. The van der Waals surface area contributed by atoms with Gasteiger partial charge in [-0.3, -0.25) is 9.59 Å². The molecule has 1 spiro atoms. The maximum Gasteiger partial charge on any atom is 0.319 e. The van der Waals surface area contributed by atoms with Crippen LogP contribution >= 0.6 is 0 Å². The third kappa shape index (κ3) is 4.22. The Balaban J connectivity index is 1.81. The molecule has 1 N–H and O–H groups in total. The van der Waals surface area contributed by atoms with Crippen molar-refractivity contribution in [1.82, 2.24) is 20.0 Å². The zero-order valence-corrected chi connectivity index (χ0v) is 18.4. The molecule has 30 heavy (non-hydrogen) atoms. The molecular weight excluding hydrogens is 382 g/mol. The molecule has 0 aliphatic carbocycles. The molecule has 1 unspecified atom stereocenters. The quantitative estimate of drug-likeness (QED) is 0.795. The molecule has 2 fully saturated rings. The van der Waals surface area contributed by atoms with E-state index < -0.39 is 5.54 Å². The third-order valence-electron chi connectivity index (χ3n) is 6.18. The number of rotatable bonds is 5. The van der Waals surface area contributed by atoms with Gasteiger partial charge in [-0.2, -0.15) is 0 Å². The van der Waals surface area contributed by atoms with Gasteiger partial charge in [0.15, 0.2) is 0 Å². The fraction of sp³-hybridized carbons (Fsp3) is 0.591. The van der Waals surface area contributed by atoms with Gasteiger partial charge in [0.05, 0.1) is 6.67 Å². The number of nitrogens with one attached hydrogen (secondary N) is 1. The normalized spacial score (nSPS) is 19.2. The molecule has 8 heteroatoms. The Morgan fingerprint density at radius 1 is 1.17 bits per heavy atom. The number of carbonyl (C=O) groups excluding carboxylic acids is 3. The first-order chi connectivity index (χ1) is 14.3. The van der Waals surface area contributed by atoms with E-state index in [-0.39, 0.29) is 30.4 Å². The summed E-state index contributed by atoms with van der Waals surface area (Å²) in [6, 6.07) is 9.89.